The van der Waals surface area contributed by atoms with Gasteiger partial charge in [-0.25, -0.2) is 9.37 Å². The zero-order valence-corrected chi connectivity index (χ0v) is 21.1. The summed E-state index contributed by atoms with van der Waals surface area (Å²) in [5, 5.41) is 12.1. The average Bonchev–Trinajstić information content (AvgIpc) is 3.70. The summed E-state index contributed by atoms with van der Waals surface area (Å²) in [5.41, 5.74) is 3.54. The standard InChI is InChI=1S/C27H20ClFN8O2/c28-18-4-7-21(36-13-31-34-35-36)25(26(18)29)16-10-17-3-6-22(37(17)24(39)11-16)27-30-12-20(33-27)15-1-5-19-14(9-15)2-8-23(38)32-19/h1-2,4-5,7-9,11-13,17,22H,3,6,10H2,(H,30,33)(H,32,38)/t17-,22-/m0/s1. The summed E-state index contributed by atoms with van der Waals surface area (Å²) in [4.78, 5) is 37.7. The summed E-state index contributed by atoms with van der Waals surface area (Å²) < 4.78 is 16.7. The Bertz CT molecular complexity index is 1840. The van der Waals surface area contributed by atoms with Crippen LogP contribution >= 0.6 is 11.6 Å². The molecule has 2 aliphatic rings. The molecule has 0 saturated carbocycles. The zero-order valence-electron chi connectivity index (χ0n) is 20.3. The van der Waals surface area contributed by atoms with Crippen LogP contribution in [0.1, 0.15) is 36.7 Å². The Morgan fingerprint density at radius 2 is 1.95 bits per heavy atom. The minimum absolute atomic E-state index is 0.0370. The number of nitrogens with one attached hydrogen (secondary N) is 2. The number of pyridine rings is 1. The molecule has 0 radical (unpaired) electrons. The number of carbonyl (C=O) groups excluding carboxylic acids is 1. The first kappa shape index (κ1) is 23.5. The van der Waals surface area contributed by atoms with Crippen LogP contribution in [0.4, 0.5) is 4.39 Å². The van der Waals surface area contributed by atoms with Crippen LogP contribution in [0.15, 0.2) is 65.9 Å². The highest BCUT2D eigenvalue weighted by atomic mass is 35.5. The Balaban J connectivity index is 1.20. The number of fused-ring (bicyclic) bond motifs is 2. The van der Waals surface area contributed by atoms with Crippen molar-refractivity contribution in [2.24, 2.45) is 0 Å². The van der Waals surface area contributed by atoms with Crippen LogP contribution in [-0.4, -0.2) is 52.0 Å². The highest BCUT2D eigenvalue weighted by Crippen LogP contribution is 2.44. The lowest BCUT2D eigenvalue weighted by Gasteiger charge is -2.33. The van der Waals surface area contributed by atoms with Crippen molar-refractivity contribution in [3.63, 3.8) is 0 Å². The van der Waals surface area contributed by atoms with E-state index in [0.29, 0.717) is 23.5 Å². The molecule has 2 aliphatic heterocycles. The van der Waals surface area contributed by atoms with E-state index in [-0.39, 0.29) is 34.1 Å². The molecule has 1 fully saturated rings. The monoisotopic (exact) mass is 542 g/mol. The minimum atomic E-state index is -0.609. The second-order valence-corrected chi connectivity index (χ2v) is 10.1. The summed E-state index contributed by atoms with van der Waals surface area (Å²) >= 11 is 6.12. The molecule has 7 rings (SSSR count). The van der Waals surface area contributed by atoms with Gasteiger partial charge in [-0.05, 0) is 71.0 Å². The highest BCUT2D eigenvalue weighted by molar-refractivity contribution is 6.31. The maximum Gasteiger partial charge on any atom is 0.248 e. The molecule has 194 valence electrons. The first-order valence-corrected chi connectivity index (χ1v) is 12.8. The quantitative estimate of drug-likeness (QED) is 0.350. The van der Waals surface area contributed by atoms with E-state index >= 15 is 4.39 Å². The van der Waals surface area contributed by atoms with Crippen LogP contribution in [0.2, 0.25) is 5.02 Å². The molecule has 2 atom stereocenters. The Morgan fingerprint density at radius 1 is 1.05 bits per heavy atom. The second kappa shape index (κ2) is 8.98. The fourth-order valence-corrected chi connectivity index (χ4v) is 5.84. The van der Waals surface area contributed by atoms with Gasteiger partial charge in [-0.2, -0.15) is 4.68 Å². The third kappa shape index (κ3) is 3.93. The molecule has 0 spiro atoms. The number of imidazole rings is 1. The highest BCUT2D eigenvalue weighted by Gasteiger charge is 2.42. The van der Waals surface area contributed by atoms with Gasteiger partial charge in [-0.1, -0.05) is 17.7 Å². The second-order valence-electron chi connectivity index (χ2n) is 9.68. The Labute approximate surface area is 225 Å². The number of rotatable bonds is 4. The van der Waals surface area contributed by atoms with Crippen molar-refractivity contribution in [2.75, 3.05) is 0 Å². The minimum Gasteiger partial charge on any atom is -0.340 e. The predicted molar refractivity (Wildman–Crippen MR) is 141 cm³/mol. The molecule has 12 heteroatoms. The van der Waals surface area contributed by atoms with Crippen LogP contribution in [0.25, 0.3) is 33.4 Å². The van der Waals surface area contributed by atoms with E-state index in [2.05, 4.69) is 30.5 Å². The number of amides is 1. The number of nitrogens with zero attached hydrogens (tertiary/aromatic N) is 6. The van der Waals surface area contributed by atoms with Gasteiger partial charge in [0.1, 0.15) is 12.2 Å². The van der Waals surface area contributed by atoms with Gasteiger partial charge in [0, 0.05) is 34.8 Å². The smallest absolute Gasteiger partial charge is 0.248 e. The van der Waals surface area contributed by atoms with E-state index in [1.807, 2.05) is 23.1 Å². The molecule has 5 heterocycles. The van der Waals surface area contributed by atoms with E-state index in [1.54, 1.807) is 18.3 Å². The van der Waals surface area contributed by atoms with Gasteiger partial charge >= 0.3 is 0 Å². The van der Waals surface area contributed by atoms with Gasteiger partial charge in [-0.15, -0.1) is 5.10 Å². The molecule has 0 bridgehead atoms. The van der Waals surface area contributed by atoms with Gasteiger partial charge in [0.15, 0.2) is 5.82 Å². The molecule has 1 amide bonds. The van der Waals surface area contributed by atoms with Crippen molar-refractivity contribution in [1.82, 2.24) is 40.1 Å². The Hall–Kier alpha value is -4.64. The lowest BCUT2D eigenvalue weighted by Crippen LogP contribution is -2.39. The topological polar surface area (TPSA) is 125 Å². The number of benzene rings is 2. The maximum atomic E-state index is 15.3. The van der Waals surface area contributed by atoms with Crippen molar-refractivity contribution >= 4 is 34.0 Å². The van der Waals surface area contributed by atoms with Crippen LogP contribution in [0.3, 0.4) is 0 Å². The molecule has 3 aromatic heterocycles. The number of H-pyrrole nitrogens is 2. The molecule has 5 aromatic rings. The molecule has 0 aliphatic carbocycles. The van der Waals surface area contributed by atoms with E-state index in [4.69, 9.17) is 11.6 Å². The predicted octanol–water partition coefficient (Wildman–Crippen LogP) is 4.21. The lowest BCUT2D eigenvalue weighted by molar-refractivity contribution is -0.129. The molecular weight excluding hydrogens is 523 g/mol. The third-order valence-corrected chi connectivity index (χ3v) is 7.74. The largest absolute Gasteiger partial charge is 0.340 e. The van der Waals surface area contributed by atoms with Gasteiger partial charge < -0.3 is 14.9 Å². The number of carbonyl (C=O) groups is 1. The summed E-state index contributed by atoms with van der Waals surface area (Å²) in [6.07, 6.45) is 6.54. The van der Waals surface area contributed by atoms with Gasteiger partial charge in [0.05, 0.1) is 28.6 Å². The summed E-state index contributed by atoms with van der Waals surface area (Å²) in [5.74, 6) is -0.122. The molecule has 39 heavy (non-hydrogen) atoms. The molecule has 0 unspecified atom stereocenters. The molecule has 2 N–H and O–H groups in total. The van der Waals surface area contributed by atoms with Gasteiger partial charge in [0.2, 0.25) is 11.5 Å². The normalized spacial score (nSPS) is 19.0. The number of aromatic amines is 2. The van der Waals surface area contributed by atoms with Crippen molar-refractivity contribution in [3.05, 3.63) is 93.6 Å². The molecular formula is C27H20ClFN8O2. The SMILES string of the molecule is O=C1C=C(c2c(-n3cnnn3)ccc(Cl)c2F)C[C@@H]2CC[C@@H](c3ncc(-c4ccc5[nH]c(=O)ccc5c4)[nH]3)N12. The number of halogens is 2. The van der Waals surface area contributed by atoms with E-state index in [0.717, 1.165) is 35.0 Å². The van der Waals surface area contributed by atoms with Crippen molar-refractivity contribution in [1.29, 1.82) is 0 Å². The van der Waals surface area contributed by atoms with Crippen LogP contribution in [0, 0.1) is 5.82 Å². The fourth-order valence-electron chi connectivity index (χ4n) is 5.68. The Morgan fingerprint density at radius 3 is 2.79 bits per heavy atom. The van der Waals surface area contributed by atoms with E-state index < -0.39 is 5.82 Å². The van der Waals surface area contributed by atoms with Crippen LogP contribution < -0.4 is 5.56 Å². The zero-order chi connectivity index (χ0) is 26.7. The summed E-state index contributed by atoms with van der Waals surface area (Å²) in [6, 6.07) is 11.8. The Kier molecular flexibility index (Phi) is 5.41. The third-order valence-electron chi connectivity index (χ3n) is 7.45. The van der Waals surface area contributed by atoms with Gasteiger partial charge in [0.25, 0.3) is 0 Å². The van der Waals surface area contributed by atoms with Crippen molar-refractivity contribution < 1.29 is 9.18 Å². The number of aromatic nitrogens is 7. The first-order valence-electron chi connectivity index (χ1n) is 12.4. The maximum absolute atomic E-state index is 15.3. The molecule has 2 aromatic carbocycles. The number of tetrazole rings is 1. The van der Waals surface area contributed by atoms with Crippen molar-refractivity contribution in [2.45, 2.75) is 31.3 Å². The average molecular weight is 543 g/mol. The summed E-state index contributed by atoms with van der Waals surface area (Å²) in [6.45, 7) is 0. The first-order chi connectivity index (χ1) is 19.0. The van der Waals surface area contributed by atoms with Crippen LogP contribution in [-0.2, 0) is 4.79 Å². The lowest BCUT2D eigenvalue weighted by atomic mass is 9.92. The molecule has 10 nitrogen and oxygen atoms in total. The fraction of sp³-hybridized carbons (Fsp3) is 0.185. The van der Waals surface area contributed by atoms with E-state index in [1.165, 1.54) is 29.2 Å². The van der Waals surface area contributed by atoms with Gasteiger partial charge in [-0.3, -0.25) is 9.59 Å². The molecule has 1 saturated heterocycles. The summed E-state index contributed by atoms with van der Waals surface area (Å²) in [7, 11) is 0. The number of hydrogen-bond donors (Lipinski definition) is 2. The van der Waals surface area contributed by atoms with Crippen molar-refractivity contribution in [3.8, 4) is 16.9 Å². The van der Waals surface area contributed by atoms with Crippen LogP contribution in [0.5, 0.6) is 0 Å². The number of hydrogen-bond acceptors (Lipinski definition) is 6. The van der Waals surface area contributed by atoms with E-state index in [9.17, 15) is 9.59 Å².